The fourth-order valence-corrected chi connectivity index (χ4v) is 6.81. The molecule has 0 saturated heterocycles. The Labute approximate surface area is 227 Å². The van der Waals surface area contributed by atoms with Crippen molar-refractivity contribution < 1.29 is 0 Å². The lowest BCUT2D eigenvalue weighted by Gasteiger charge is -2.06. The monoisotopic (exact) mass is 517 g/mol. The van der Waals surface area contributed by atoms with E-state index in [-0.39, 0.29) is 0 Å². The molecule has 0 saturated carbocycles. The molecule has 0 aliphatic heterocycles. The summed E-state index contributed by atoms with van der Waals surface area (Å²) in [6.45, 7) is 3.31. The highest BCUT2D eigenvalue weighted by atomic mass is 32.1. The van der Waals surface area contributed by atoms with Crippen molar-refractivity contribution in [3.63, 3.8) is 0 Å². The van der Waals surface area contributed by atoms with Gasteiger partial charge in [0.2, 0.25) is 0 Å². The first-order valence-corrected chi connectivity index (χ1v) is 15.1. The summed E-state index contributed by atoms with van der Waals surface area (Å²) in [6, 6.07) is 26.8. The lowest BCUT2D eigenvalue weighted by atomic mass is 10.00. The van der Waals surface area contributed by atoms with Crippen LogP contribution in [0, 0.1) is 11.8 Å². The fourth-order valence-electron chi connectivity index (χ4n) is 5.06. The van der Waals surface area contributed by atoms with Crippen LogP contribution in [0.2, 0.25) is 0 Å². The summed E-state index contributed by atoms with van der Waals surface area (Å²) in [5.41, 5.74) is 2.23. The second-order valence-electron chi connectivity index (χ2n) is 9.84. The largest absolute Gasteiger partial charge is 0.385 e. The van der Waals surface area contributed by atoms with Crippen LogP contribution in [0.4, 0.5) is 5.69 Å². The minimum Gasteiger partial charge on any atom is -0.385 e. The van der Waals surface area contributed by atoms with Crippen molar-refractivity contribution in [2.75, 3.05) is 11.9 Å². The van der Waals surface area contributed by atoms with Gasteiger partial charge in [0.05, 0.1) is 4.88 Å². The number of unbranched alkanes of at least 4 members (excludes halogenated alkanes) is 5. The average Bonchev–Trinajstić information content (AvgIpc) is 3.55. The normalized spacial score (nSPS) is 11.4. The summed E-state index contributed by atoms with van der Waals surface area (Å²) < 4.78 is 2.64. The van der Waals surface area contributed by atoms with E-state index in [2.05, 4.69) is 102 Å². The molecule has 3 heteroatoms. The summed E-state index contributed by atoms with van der Waals surface area (Å²) in [5.74, 6) is 6.78. The van der Waals surface area contributed by atoms with Gasteiger partial charge in [0.1, 0.15) is 0 Å². The maximum absolute atomic E-state index is 3.55. The van der Waals surface area contributed by atoms with Gasteiger partial charge < -0.3 is 5.32 Å². The minimum absolute atomic E-state index is 1.04. The Balaban J connectivity index is 1.17. The highest BCUT2D eigenvalue weighted by Gasteiger charge is 2.08. The van der Waals surface area contributed by atoms with E-state index in [0.717, 1.165) is 17.0 Å². The molecular weight excluding hydrogens is 487 g/mol. The molecule has 0 unspecified atom stereocenters. The van der Waals surface area contributed by atoms with Crippen LogP contribution < -0.4 is 5.32 Å². The van der Waals surface area contributed by atoms with Crippen LogP contribution in [0.25, 0.3) is 41.7 Å². The van der Waals surface area contributed by atoms with Crippen molar-refractivity contribution in [1.82, 2.24) is 0 Å². The number of nitrogens with one attached hydrogen (secondary N) is 1. The van der Waals surface area contributed by atoms with E-state index in [1.165, 1.54) is 85.9 Å². The zero-order valence-corrected chi connectivity index (χ0v) is 22.9. The molecule has 184 valence electrons. The van der Waals surface area contributed by atoms with Gasteiger partial charge in [0, 0.05) is 27.2 Å². The molecule has 0 amide bonds. The molecule has 0 aliphatic rings. The van der Waals surface area contributed by atoms with Crippen LogP contribution in [0.3, 0.4) is 0 Å². The Morgan fingerprint density at radius 2 is 1.38 bits per heavy atom. The minimum atomic E-state index is 1.04. The third-order valence-corrected chi connectivity index (χ3v) is 9.01. The van der Waals surface area contributed by atoms with Gasteiger partial charge in [-0.05, 0) is 105 Å². The number of benzene rings is 4. The van der Waals surface area contributed by atoms with Crippen LogP contribution in [-0.2, 0) is 0 Å². The first-order chi connectivity index (χ1) is 18.3. The van der Waals surface area contributed by atoms with E-state index in [4.69, 9.17) is 0 Å². The summed E-state index contributed by atoms with van der Waals surface area (Å²) in [6.07, 6.45) is 7.95. The molecule has 0 bridgehead atoms. The highest BCUT2D eigenvalue weighted by molar-refractivity contribution is 7.19. The zero-order chi connectivity index (χ0) is 25.0. The maximum atomic E-state index is 3.55. The molecule has 2 heterocycles. The second kappa shape index (κ2) is 11.0. The van der Waals surface area contributed by atoms with Gasteiger partial charge in [-0.3, -0.25) is 0 Å². The predicted molar refractivity (Wildman–Crippen MR) is 167 cm³/mol. The molecule has 0 fully saturated rings. The van der Waals surface area contributed by atoms with E-state index in [1.54, 1.807) is 11.3 Å². The van der Waals surface area contributed by atoms with Gasteiger partial charge >= 0.3 is 0 Å². The molecule has 1 nitrogen and oxygen atoms in total. The molecule has 0 atom stereocenters. The van der Waals surface area contributed by atoms with Gasteiger partial charge in [0.25, 0.3) is 0 Å². The Morgan fingerprint density at radius 1 is 0.649 bits per heavy atom. The summed E-state index contributed by atoms with van der Waals surface area (Å²) >= 11 is 3.60. The van der Waals surface area contributed by atoms with Gasteiger partial charge in [-0.1, -0.05) is 63.0 Å². The quantitative estimate of drug-likeness (QED) is 0.120. The molecule has 6 rings (SSSR count). The van der Waals surface area contributed by atoms with Crippen molar-refractivity contribution in [2.45, 2.75) is 45.4 Å². The molecule has 1 N–H and O–H groups in total. The summed E-state index contributed by atoms with van der Waals surface area (Å²) in [7, 11) is 0. The standard InChI is InChI=1S/C34H31NS2/c1-2-3-4-5-6-7-17-35-29-13-8-24(9-14-29)10-15-30-21-28-20-26-12-11-25-19-27-16-18-36-33(27)22-31(25)32(26)23-34(28)37-30/h8-9,11-14,16,18-23,35H,2-7,17H2,1H3. The Bertz CT molecular complexity index is 1740. The smallest absolute Gasteiger partial charge is 0.0784 e. The number of anilines is 1. The van der Waals surface area contributed by atoms with Crippen molar-refractivity contribution in [3.8, 4) is 11.8 Å². The Hall–Kier alpha value is -3.32. The third-order valence-electron chi connectivity index (χ3n) is 7.12. The molecule has 4 aromatic carbocycles. The highest BCUT2D eigenvalue weighted by Crippen LogP contribution is 2.36. The fraction of sp³-hybridized carbons (Fsp3) is 0.235. The van der Waals surface area contributed by atoms with E-state index in [1.807, 2.05) is 11.3 Å². The van der Waals surface area contributed by atoms with E-state index in [0.29, 0.717) is 0 Å². The van der Waals surface area contributed by atoms with Crippen LogP contribution in [-0.4, -0.2) is 6.54 Å². The zero-order valence-electron chi connectivity index (χ0n) is 21.3. The van der Waals surface area contributed by atoms with E-state index in [9.17, 15) is 0 Å². The number of hydrogen-bond acceptors (Lipinski definition) is 3. The van der Waals surface area contributed by atoms with E-state index >= 15 is 0 Å². The Kier molecular flexibility index (Phi) is 7.13. The van der Waals surface area contributed by atoms with Gasteiger partial charge in [-0.15, -0.1) is 22.7 Å². The second-order valence-corrected chi connectivity index (χ2v) is 11.9. The van der Waals surface area contributed by atoms with Crippen molar-refractivity contribution >= 4 is 70.1 Å². The SMILES string of the molecule is CCCCCCCCNc1ccc(C#Cc2cc3cc4ccc5cc6ccsc6cc5c4cc3s2)cc1. The first kappa shape index (κ1) is 24.0. The van der Waals surface area contributed by atoms with E-state index < -0.39 is 0 Å². The molecule has 2 aromatic heterocycles. The Morgan fingerprint density at radius 3 is 2.19 bits per heavy atom. The lowest BCUT2D eigenvalue weighted by Crippen LogP contribution is -2.01. The molecule has 0 radical (unpaired) electrons. The third kappa shape index (κ3) is 5.37. The van der Waals surface area contributed by atoms with Gasteiger partial charge in [-0.2, -0.15) is 0 Å². The first-order valence-electron chi connectivity index (χ1n) is 13.4. The van der Waals surface area contributed by atoms with Crippen LogP contribution in [0.15, 0.2) is 78.2 Å². The topological polar surface area (TPSA) is 12.0 Å². The molecular formula is C34H31NS2. The lowest BCUT2D eigenvalue weighted by molar-refractivity contribution is 0.617. The molecule has 6 aromatic rings. The van der Waals surface area contributed by atoms with Crippen molar-refractivity contribution in [1.29, 1.82) is 0 Å². The number of rotatable bonds is 8. The predicted octanol–water partition coefficient (Wildman–Crippen LogP) is 10.6. The van der Waals surface area contributed by atoms with Gasteiger partial charge in [0.15, 0.2) is 0 Å². The molecule has 37 heavy (non-hydrogen) atoms. The number of thiophene rings is 2. The van der Waals surface area contributed by atoms with Crippen LogP contribution in [0.1, 0.15) is 55.9 Å². The molecule has 0 aliphatic carbocycles. The maximum Gasteiger partial charge on any atom is 0.0784 e. The van der Waals surface area contributed by atoms with Crippen LogP contribution in [0.5, 0.6) is 0 Å². The van der Waals surface area contributed by atoms with Crippen molar-refractivity contribution in [3.05, 3.63) is 88.6 Å². The average molecular weight is 518 g/mol. The number of hydrogen-bond donors (Lipinski definition) is 1. The van der Waals surface area contributed by atoms with Crippen LogP contribution >= 0.6 is 22.7 Å². The van der Waals surface area contributed by atoms with Gasteiger partial charge in [-0.25, -0.2) is 0 Å². The molecule has 0 spiro atoms. The van der Waals surface area contributed by atoms with Crippen molar-refractivity contribution in [2.24, 2.45) is 0 Å². The number of fused-ring (bicyclic) bond motifs is 5. The summed E-state index contributed by atoms with van der Waals surface area (Å²) in [5, 5.41) is 13.6. The summed E-state index contributed by atoms with van der Waals surface area (Å²) in [4.78, 5) is 1.11.